The molecule has 0 spiro atoms. The zero-order valence-electron chi connectivity index (χ0n) is 17.1. The predicted octanol–water partition coefficient (Wildman–Crippen LogP) is 5.08. The Bertz CT molecular complexity index is 1000. The first-order valence-electron chi connectivity index (χ1n) is 9.80. The van der Waals surface area contributed by atoms with Crippen LogP contribution in [0.2, 0.25) is 5.02 Å². The van der Waals surface area contributed by atoms with Crippen LogP contribution in [-0.4, -0.2) is 34.5 Å². The summed E-state index contributed by atoms with van der Waals surface area (Å²) in [4.78, 5) is 29.2. The number of amides is 2. The van der Waals surface area contributed by atoms with E-state index in [1.807, 2.05) is 45.0 Å². The number of likely N-dealkylation sites (N-methyl/N-ethyl adjacent to an activating group) is 1. The van der Waals surface area contributed by atoms with E-state index < -0.39 is 11.8 Å². The average molecular weight is 443 g/mol. The van der Waals surface area contributed by atoms with E-state index in [9.17, 15) is 9.59 Å². The molecule has 2 amide bonds. The first-order chi connectivity index (χ1) is 14.4. The van der Waals surface area contributed by atoms with Gasteiger partial charge < -0.3 is 4.74 Å². The van der Waals surface area contributed by atoms with Crippen LogP contribution in [0.25, 0.3) is 6.08 Å². The van der Waals surface area contributed by atoms with Crippen LogP contribution in [0, 0.1) is 0 Å². The largest absolute Gasteiger partial charge is 0.490 e. The van der Waals surface area contributed by atoms with Gasteiger partial charge in [0.1, 0.15) is 11.3 Å². The summed E-state index contributed by atoms with van der Waals surface area (Å²) in [5, 5.41) is 0.695. The van der Waals surface area contributed by atoms with Gasteiger partial charge in [-0.05, 0) is 68.9 Å². The van der Waals surface area contributed by atoms with Crippen LogP contribution in [0.4, 0.5) is 5.69 Å². The van der Waals surface area contributed by atoms with Gasteiger partial charge in [-0.25, -0.2) is 0 Å². The molecule has 0 N–H and O–H groups in total. The smallest absolute Gasteiger partial charge is 0.270 e. The Hall–Kier alpha value is -2.70. The van der Waals surface area contributed by atoms with E-state index in [2.05, 4.69) is 0 Å². The van der Waals surface area contributed by atoms with E-state index in [4.69, 9.17) is 28.6 Å². The summed E-state index contributed by atoms with van der Waals surface area (Å²) < 4.78 is 5.97. The van der Waals surface area contributed by atoms with Crippen molar-refractivity contribution in [2.24, 2.45) is 0 Å². The Morgan fingerprint density at radius 1 is 1.07 bits per heavy atom. The van der Waals surface area contributed by atoms with E-state index in [0.717, 1.165) is 6.42 Å². The number of anilines is 1. The fourth-order valence-corrected chi connectivity index (χ4v) is 3.56. The molecule has 1 heterocycles. The monoisotopic (exact) mass is 442 g/mol. The third-order valence-electron chi connectivity index (χ3n) is 4.85. The van der Waals surface area contributed by atoms with Crippen LogP contribution in [0.15, 0.2) is 54.1 Å². The lowest BCUT2D eigenvalue weighted by Crippen LogP contribution is -2.56. The molecular weight excluding hydrogens is 420 g/mol. The van der Waals surface area contributed by atoms with Crippen LogP contribution in [0.1, 0.15) is 32.8 Å². The number of carbonyl (C=O) groups excluding carboxylic acids is 2. The normalized spacial score (nSPS) is 16.9. The molecule has 2 aromatic rings. The number of hydrogen-bond acceptors (Lipinski definition) is 4. The SMILES string of the molecule is CC[C@H](C)Oc1ccccc1/C=C1\C(=O)N(CC)C(=S)N(c2ccc(Cl)cc2)C1=O. The minimum absolute atomic E-state index is 0.00703. The number of para-hydroxylation sites is 1. The maximum absolute atomic E-state index is 13.3. The number of ether oxygens (including phenoxy) is 1. The van der Waals surface area contributed by atoms with Crippen molar-refractivity contribution >= 4 is 52.5 Å². The molecule has 1 fully saturated rings. The molecular formula is C23H23ClN2O3S. The average Bonchev–Trinajstić information content (AvgIpc) is 2.74. The summed E-state index contributed by atoms with van der Waals surface area (Å²) in [5.41, 5.74) is 1.24. The number of carbonyl (C=O) groups is 2. The van der Waals surface area contributed by atoms with Crippen LogP contribution in [-0.2, 0) is 9.59 Å². The summed E-state index contributed by atoms with van der Waals surface area (Å²) in [6.07, 6.45) is 2.42. The number of nitrogens with zero attached hydrogens (tertiary/aromatic N) is 2. The molecule has 0 aliphatic carbocycles. The highest BCUT2D eigenvalue weighted by Gasteiger charge is 2.39. The number of rotatable bonds is 6. The summed E-state index contributed by atoms with van der Waals surface area (Å²) in [6.45, 7) is 6.17. The summed E-state index contributed by atoms with van der Waals surface area (Å²) >= 11 is 11.4. The highest BCUT2D eigenvalue weighted by atomic mass is 35.5. The summed E-state index contributed by atoms with van der Waals surface area (Å²) in [6, 6.07) is 14.1. The third kappa shape index (κ3) is 4.40. The topological polar surface area (TPSA) is 49.9 Å². The fourth-order valence-electron chi connectivity index (χ4n) is 3.03. The Balaban J connectivity index is 2.07. The summed E-state index contributed by atoms with van der Waals surface area (Å²) in [7, 11) is 0. The Morgan fingerprint density at radius 2 is 1.73 bits per heavy atom. The number of benzene rings is 2. The van der Waals surface area contributed by atoms with Gasteiger partial charge in [0, 0.05) is 17.1 Å². The zero-order valence-corrected chi connectivity index (χ0v) is 18.7. The molecule has 30 heavy (non-hydrogen) atoms. The van der Waals surface area contributed by atoms with Crippen molar-refractivity contribution < 1.29 is 14.3 Å². The highest BCUT2D eigenvalue weighted by Crippen LogP contribution is 2.29. The lowest BCUT2D eigenvalue weighted by molar-refractivity contribution is -0.127. The van der Waals surface area contributed by atoms with Crippen molar-refractivity contribution in [3.8, 4) is 5.75 Å². The first kappa shape index (κ1) is 22.0. The van der Waals surface area contributed by atoms with Gasteiger partial charge in [-0.15, -0.1) is 0 Å². The molecule has 1 atom stereocenters. The summed E-state index contributed by atoms with van der Waals surface area (Å²) in [5.74, 6) is -0.277. The molecule has 0 saturated carbocycles. The van der Waals surface area contributed by atoms with Crippen molar-refractivity contribution in [2.75, 3.05) is 11.4 Å². The molecule has 1 aliphatic heterocycles. The molecule has 1 aliphatic rings. The standard InChI is InChI=1S/C23H23ClN2O3S/c1-4-15(3)29-20-9-7-6-8-16(20)14-19-21(27)25(5-2)23(30)26(22(19)28)18-12-10-17(24)11-13-18/h6-15H,4-5H2,1-3H3/b19-14+/t15-/m0/s1. The van der Waals surface area contributed by atoms with Crippen molar-refractivity contribution in [1.29, 1.82) is 0 Å². The number of halogens is 1. The van der Waals surface area contributed by atoms with Crippen LogP contribution >= 0.6 is 23.8 Å². The Kier molecular flexibility index (Phi) is 6.90. The van der Waals surface area contributed by atoms with E-state index in [0.29, 0.717) is 28.6 Å². The van der Waals surface area contributed by atoms with Crippen molar-refractivity contribution in [3.05, 3.63) is 64.7 Å². The van der Waals surface area contributed by atoms with E-state index in [1.165, 1.54) is 9.80 Å². The quantitative estimate of drug-likeness (QED) is 0.355. The molecule has 5 nitrogen and oxygen atoms in total. The molecule has 1 saturated heterocycles. The first-order valence-corrected chi connectivity index (χ1v) is 10.6. The second-order valence-electron chi connectivity index (χ2n) is 6.88. The number of thiocarbonyl (C=S) groups is 1. The molecule has 0 unspecified atom stereocenters. The van der Waals surface area contributed by atoms with Crippen molar-refractivity contribution in [3.63, 3.8) is 0 Å². The molecule has 156 valence electrons. The Morgan fingerprint density at radius 3 is 2.37 bits per heavy atom. The van der Waals surface area contributed by atoms with Crippen molar-refractivity contribution in [2.45, 2.75) is 33.3 Å². The lowest BCUT2D eigenvalue weighted by atomic mass is 10.0. The van der Waals surface area contributed by atoms with Gasteiger partial charge in [-0.2, -0.15) is 0 Å². The van der Waals surface area contributed by atoms with Gasteiger partial charge in [0.2, 0.25) is 0 Å². The van der Waals surface area contributed by atoms with Gasteiger partial charge in [-0.1, -0.05) is 36.7 Å². The zero-order chi connectivity index (χ0) is 21.8. The van der Waals surface area contributed by atoms with Crippen LogP contribution in [0.3, 0.4) is 0 Å². The van der Waals surface area contributed by atoms with Gasteiger partial charge in [0.25, 0.3) is 11.8 Å². The maximum atomic E-state index is 13.3. The van der Waals surface area contributed by atoms with Gasteiger partial charge >= 0.3 is 0 Å². The fraction of sp³-hybridized carbons (Fsp3) is 0.261. The molecule has 3 rings (SSSR count). The lowest BCUT2D eigenvalue weighted by Gasteiger charge is -2.36. The maximum Gasteiger partial charge on any atom is 0.270 e. The minimum atomic E-state index is -0.477. The molecule has 0 bridgehead atoms. The van der Waals surface area contributed by atoms with Gasteiger partial charge in [0.15, 0.2) is 5.11 Å². The van der Waals surface area contributed by atoms with Gasteiger partial charge in [0.05, 0.1) is 11.8 Å². The van der Waals surface area contributed by atoms with E-state index in [1.54, 1.807) is 30.3 Å². The number of hydrogen-bond donors (Lipinski definition) is 0. The van der Waals surface area contributed by atoms with Crippen LogP contribution in [0.5, 0.6) is 5.75 Å². The minimum Gasteiger partial charge on any atom is -0.490 e. The molecule has 0 radical (unpaired) electrons. The molecule has 0 aromatic heterocycles. The van der Waals surface area contributed by atoms with Gasteiger partial charge in [-0.3, -0.25) is 19.4 Å². The molecule has 7 heteroatoms. The Labute approximate surface area is 186 Å². The third-order valence-corrected chi connectivity index (χ3v) is 5.51. The van der Waals surface area contributed by atoms with E-state index >= 15 is 0 Å². The highest BCUT2D eigenvalue weighted by molar-refractivity contribution is 7.80. The second-order valence-corrected chi connectivity index (χ2v) is 7.68. The van der Waals surface area contributed by atoms with Crippen LogP contribution < -0.4 is 9.64 Å². The predicted molar refractivity (Wildman–Crippen MR) is 124 cm³/mol. The van der Waals surface area contributed by atoms with E-state index in [-0.39, 0.29) is 16.8 Å². The molecule has 2 aromatic carbocycles. The van der Waals surface area contributed by atoms with Crippen molar-refractivity contribution in [1.82, 2.24) is 4.90 Å². The second kappa shape index (κ2) is 9.41.